The lowest BCUT2D eigenvalue weighted by atomic mass is 10.0. The summed E-state index contributed by atoms with van der Waals surface area (Å²) in [7, 11) is 3.67. The van der Waals surface area contributed by atoms with E-state index in [1.165, 1.54) is 5.69 Å². The first-order valence-corrected chi connectivity index (χ1v) is 11.5. The number of methoxy groups -OCH3 is 1. The van der Waals surface area contributed by atoms with Crippen LogP contribution in [0.4, 0.5) is 5.69 Å². The Labute approximate surface area is 214 Å². The number of guanidine groups is 1. The lowest BCUT2D eigenvalue weighted by Gasteiger charge is -2.35. The van der Waals surface area contributed by atoms with Gasteiger partial charge in [-0.05, 0) is 45.2 Å². The van der Waals surface area contributed by atoms with Gasteiger partial charge < -0.3 is 29.6 Å². The Kier molecular flexibility index (Phi) is 11.7. The molecule has 1 saturated heterocycles. The van der Waals surface area contributed by atoms with Crippen LogP contribution >= 0.6 is 24.0 Å². The third-order valence-electron chi connectivity index (χ3n) is 5.70. The molecule has 1 aromatic carbocycles. The van der Waals surface area contributed by atoms with E-state index < -0.39 is 0 Å². The summed E-state index contributed by atoms with van der Waals surface area (Å²) in [6.45, 7) is 8.68. The normalized spacial score (nSPS) is 16.3. The molecule has 2 heterocycles. The Morgan fingerprint density at radius 1 is 1.30 bits per heavy atom. The molecule has 0 saturated carbocycles. The van der Waals surface area contributed by atoms with E-state index in [9.17, 15) is 0 Å². The van der Waals surface area contributed by atoms with Gasteiger partial charge in [0.05, 0.1) is 7.11 Å². The van der Waals surface area contributed by atoms with Crippen LogP contribution in [-0.2, 0) is 18.3 Å². The third-order valence-corrected chi connectivity index (χ3v) is 5.70. The van der Waals surface area contributed by atoms with Crippen LogP contribution in [0.2, 0.25) is 0 Å². The number of halogens is 1. The van der Waals surface area contributed by atoms with Gasteiger partial charge in [0.1, 0.15) is 18.1 Å². The van der Waals surface area contributed by atoms with Gasteiger partial charge in [-0.3, -0.25) is 0 Å². The fourth-order valence-corrected chi connectivity index (χ4v) is 3.75. The minimum Gasteiger partial charge on any atom is -0.497 e. The highest BCUT2D eigenvalue weighted by Gasteiger charge is 2.21. The molecule has 1 aromatic heterocycles. The van der Waals surface area contributed by atoms with Crippen molar-refractivity contribution in [1.29, 1.82) is 0 Å². The first-order chi connectivity index (χ1) is 15.6. The van der Waals surface area contributed by atoms with Gasteiger partial charge >= 0.3 is 0 Å². The van der Waals surface area contributed by atoms with E-state index in [2.05, 4.69) is 37.9 Å². The summed E-state index contributed by atoms with van der Waals surface area (Å²) >= 11 is 0. The minimum atomic E-state index is 0. The van der Waals surface area contributed by atoms with Crippen molar-refractivity contribution in [3.8, 4) is 5.75 Å². The number of benzene rings is 1. The van der Waals surface area contributed by atoms with Crippen LogP contribution in [0, 0.1) is 6.92 Å². The minimum absolute atomic E-state index is 0. The van der Waals surface area contributed by atoms with Crippen molar-refractivity contribution in [3.05, 3.63) is 35.9 Å². The lowest BCUT2D eigenvalue weighted by molar-refractivity contribution is 0.145. The molecule has 1 aliphatic rings. The van der Waals surface area contributed by atoms with Crippen LogP contribution < -0.4 is 20.3 Å². The second-order valence-corrected chi connectivity index (χ2v) is 8.00. The first kappa shape index (κ1) is 27.2. The number of anilines is 1. The average molecular weight is 572 g/mol. The molecule has 1 unspecified atom stereocenters. The van der Waals surface area contributed by atoms with Gasteiger partial charge in [-0.15, -0.1) is 34.2 Å². The van der Waals surface area contributed by atoms with E-state index in [1.54, 1.807) is 7.11 Å². The monoisotopic (exact) mass is 571 g/mol. The number of nitrogens with one attached hydrogen (secondary N) is 2. The van der Waals surface area contributed by atoms with Crippen LogP contribution in [0.3, 0.4) is 0 Å². The van der Waals surface area contributed by atoms with Gasteiger partial charge in [0.25, 0.3) is 0 Å². The fourth-order valence-electron chi connectivity index (χ4n) is 3.75. The van der Waals surface area contributed by atoms with Crippen LogP contribution in [0.15, 0.2) is 29.3 Å². The molecule has 0 bridgehead atoms. The molecule has 33 heavy (non-hydrogen) atoms. The van der Waals surface area contributed by atoms with Crippen molar-refractivity contribution < 1.29 is 9.47 Å². The average Bonchev–Trinajstić information content (AvgIpc) is 3.14. The Balaban J connectivity index is 0.00000385. The molecule has 0 radical (unpaired) electrons. The molecular formula is C23H38IN7O2. The predicted octanol–water partition coefficient (Wildman–Crippen LogP) is 2.88. The molecule has 9 nitrogen and oxygen atoms in total. The number of aromatic nitrogens is 3. The van der Waals surface area contributed by atoms with E-state index in [4.69, 9.17) is 14.5 Å². The summed E-state index contributed by atoms with van der Waals surface area (Å²) in [5, 5.41) is 15.5. The number of rotatable bonds is 10. The molecule has 3 rings (SSSR count). The highest BCUT2D eigenvalue weighted by Crippen LogP contribution is 2.24. The summed E-state index contributed by atoms with van der Waals surface area (Å²) in [5.41, 5.74) is 1.19. The smallest absolute Gasteiger partial charge is 0.191 e. The molecule has 0 spiro atoms. The molecule has 1 aliphatic heterocycles. The van der Waals surface area contributed by atoms with Gasteiger partial charge in [-0.2, -0.15) is 0 Å². The summed E-state index contributed by atoms with van der Waals surface area (Å²) in [5.74, 6) is 3.42. The number of hydrogen-bond acceptors (Lipinski definition) is 6. The summed E-state index contributed by atoms with van der Waals surface area (Å²) in [6.07, 6.45) is 3.15. The Morgan fingerprint density at radius 2 is 2.15 bits per heavy atom. The second kappa shape index (κ2) is 14.2. The molecule has 0 aliphatic carbocycles. The van der Waals surface area contributed by atoms with Crippen LogP contribution in [-0.4, -0.2) is 66.7 Å². The van der Waals surface area contributed by atoms with Crippen molar-refractivity contribution in [3.63, 3.8) is 0 Å². The standard InChI is InChI=1S/C23H37N7O2.HI/c1-5-32-14-8-12-24-23(25-16-22-28-27-18(2)29(22)3)26-19-9-7-13-30(17-19)20-10-6-11-21(15-20)31-4;/h6,10-11,15,19H,5,7-9,12-14,16-17H2,1-4H3,(H2,24,25,26);1H. The Bertz CT molecular complexity index is 874. The highest BCUT2D eigenvalue weighted by molar-refractivity contribution is 14.0. The summed E-state index contributed by atoms with van der Waals surface area (Å²) < 4.78 is 12.8. The molecule has 2 aromatic rings. The topological polar surface area (TPSA) is 88.8 Å². The zero-order valence-corrected chi connectivity index (χ0v) is 22.5. The second-order valence-electron chi connectivity index (χ2n) is 8.00. The van der Waals surface area contributed by atoms with Gasteiger partial charge in [-0.1, -0.05) is 6.07 Å². The van der Waals surface area contributed by atoms with Gasteiger partial charge in [0.15, 0.2) is 11.8 Å². The van der Waals surface area contributed by atoms with Crippen molar-refractivity contribution in [1.82, 2.24) is 25.4 Å². The highest BCUT2D eigenvalue weighted by atomic mass is 127. The number of ether oxygens (including phenoxy) is 2. The van der Waals surface area contributed by atoms with Crippen molar-refractivity contribution in [2.45, 2.75) is 45.7 Å². The maximum absolute atomic E-state index is 5.46. The lowest BCUT2D eigenvalue weighted by Crippen LogP contribution is -2.51. The number of aryl methyl sites for hydroxylation is 1. The van der Waals surface area contributed by atoms with Gasteiger partial charge in [0.2, 0.25) is 0 Å². The Morgan fingerprint density at radius 3 is 2.88 bits per heavy atom. The predicted molar refractivity (Wildman–Crippen MR) is 143 cm³/mol. The van der Waals surface area contributed by atoms with E-state index in [0.717, 1.165) is 75.5 Å². The molecular weight excluding hydrogens is 533 g/mol. The van der Waals surface area contributed by atoms with Gasteiger partial charge in [-0.25, -0.2) is 4.99 Å². The van der Waals surface area contributed by atoms with Crippen molar-refractivity contribution >= 4 is 35.6 Å². The van der Waals surface area contributed by atoms with E-state index in [0.29, 0.717) is 12.6 Å². The molecule has 1 fully saturated rings. The fraction of sp³-hybridized carbons (Fsp3) is 0.609. The van der Waals surface area contributed by atoms with Crippen LogP contribution in [0.5, 0.6) is 5.75 Å². The summed E-state index contributed by atoms with van der Waals surface area (Å²) in [4.78, 5) is 7.20. The number of hydrogen-bond donors (Lipinski definition) is 2. The van der Waals surface area contributed by atoms with E-state index in [-0.39, 0.29) is 24.0 Å². The van der Waals surface area contributed by atoms with Crippen molar-refractivity contribution in [2.24, 2.45) is 12.0 Å². The van der Waals surface area contributed by atoms with Crippen LogP contribution in [0.1, 0.15) is 37.8 Å². The molecule has 2 N–H and O–H groups in total. The van der Waals surface area contributed by atoms with Crippen molar-refractivity contribution in [2.75, 3.05) is 44.9 Å². The molecule has 1 atom stereocenters. The third kappa shape index (κ3) is 8.33. The zero-order valence-electron chi connectivity index (χ0n) is 20.2. The van der Waals surface area contributed by atoms with E-state index >= 15 is 0 Å². The number of nitrogens with zero attached hydrogens (tertiary/aromatic N) is 5. The molecule has 184 valence electrons. The van der Waals surface area contributed by atoms with Crippen LogP contribution in [0.25, 0.3) is 0 Å². The van der Waals surface area contributed by atoms with E-state index in [1.807, 2.05) is 37.6 Å². The Hall–Kier alpha value is -2.08. The summed E-state index contributed by atoms with van der Waals surface area (Å²) in [6, 6.07) is 8.56. The first-order valence-electron chi connectivity index (χ1n) is 11.5. The molecule has 0 amide bonds. The number of aliphatic imine (C=N–C) groups is 1. The maximum Gasteiger partial charge on any atom is 0.191 e. The number of piperidine rings is 1. The quantitative estimate of drug-likeness (QED) is 0.196. The van der Waals surface area contributed by atoms with Gasteiger partial charge in [0, 0.05) is 57.7 Å². The molecule has 10 heteroatoms. The largest absolute Gasteiger partial charge is 0.497 e. The zero-order chi connectivity index (χ0) is 22.8. The maximum atomic E-state index is 5.46. The SMILES string of the molecule is CCOCCCNC(=NCc1nnc(C)n1C)NC1CCCN(c2cccc(OC)c2)C1.I.